The average Bonchev–Trinajstić information content (AvgIpc) is 2.23. The molecule has 0 bridgehead atoms. The fourth-order valence-electron chi connectivity index (χ4n) is 2.01. The molecule has 0 saturated carbocycles. The quantitative estimate of drug-likeness (QED) is 0.921. The van der Waals surface area contributed by atoms with Gasteiger partial charge in [0.2, 0.25) is 0 Å². The van der Waals surface area contributed by atoms with Crippen LogP contribution in [0.4, 0.5) is 0 Å². The van der Waals surface area contributed by atoms with E-state index in [9.17, 15) is 0 Å². The van der Waals surface area contributed by atoms with E-state index in [1.54, 1.807) is 7.11 Å². The predicted octanol–water partition coefficient (Wildman–Crippen LogP) is 2.11. The summed E-state index contributed by atoms with van der Waals surface area (Å²) < 4.78 is 11.4. The molecular weight excluding hydrogens is 272 g/mol. The molecule has 1 N–H and O–H groups in total. The monoisotopic (exact) mass is 286 g/mol. The molecule has 0 aliphatic carbocycles. The van der Waals surface area contributed by atoms with Crippen LogP contribution in [-0.4, -0.2) is 32.0 Å². The second-order valence-corrected chi connectivity index (χ2v) is 4.95. The predicted molar refractivity (Wildman–Crippen MR) is 64.9 cm³/mol. The first-order valence-corrected chi connectivity index (χ1v) is 6.04. The van der Waals surface area contributed by atoms with Gasteiger partial charge in [-0.05, 0) is 40.0 Å². The number of methoxy groups -OCH3 is 1. The van der Waals surface area contributed by atoms with Gasteiger partial charge in [-0.3, -0.25) is 0 Å². The standard InChI is InChI=1S/C12H15BrO3/c1-15-11-3-2-9(6-10(11)13)12(4-5-14)7-16-8-12/h2-3,6,14H,4-5,7-8H2,1H3. The van der Waals surface area contributed by atoms with Crippen molar-refractivity contribution in [1.29, 1.82) is 0 Å². The Morgan fingerprint density at radius 3 is 2.69 bits per heavy atom. The van der Waals surface area contributed by atoms with Crippen LogP contribution < -0.4 is 4.74 Å². The van der Waals surface area contributed by atoms with Crippen molar-refractivity contribution in [2.75, 3.05) is 26.9 Å². The van der Waals surface area contributed by atoms with E-state index in [1.165, 1.54) is 5.56 Å². The van der Waals surface area contributed by atoms with E-state index in [0.29, 0.717) is 13.2 Å². The van der Waals surface area contributed by atoms with Crippen molar-refractivity contribution in [1.82, 2.24) is 0 Å². The number of ether oxygens (including phenoxy) is 2. The summed E-state index contributed by atoms with van der Waals surface area (Å²) in [5.41, 5.74) is 1.18. The summed E-state index contributed by atoms with van der Waals surface area (Å²) in [7, 11) is 1.65. The minimum absolute atomic E-state index is 0.0104. The summed E-state index contributed by atoms with van der Waals surface area (Å²) in [6, 6.07) is 6.04. The van der Waals surface area contributed by atoms with Gasteiger partial charge in [0.1, 0.15) is 5.75 Å². The molecule has 1 aromatic rings. The highest BCUT2D eigenvalue weighted by atomic mass is 79.9. The SMILES string of the molecule is COc1ccc(C2(CCO)COC2)cc1Br. The van der Waals surface area contributed by atoms with Gasteiger partial charge in [0.15, 0.2) is 0 Å². The van der Waals surface area contributed by atoms with Crippen molar-refractivity contribution in [3.63, 3.8) is 0 Å². The minimum Gasteiger partial charge on any atom is -0.496 e. The summed E-state index contributed by atoms with van der Waals surface area (Å²) in [6.07, 6.45) is 0.742. The van der Waals surface area contributed by atoms with E-state index in [1.807, 2.05) is 12.1 Å². The first-order chi connectivity index (χ1) is 7.72. The van der Waals surface area contributed by atoms with Crippen molar-refractivity contribution >= 4 is 15.9 Å². The van der Waals surface area contributed by atoms with Crippen LogP contribution in [0.1, 0.15) is 12.0 Å². The molecule has 0 atom stereocenters. The average molecular weight is 287 g/mol. The maximum atomic E-state index is 9.11. The minimum atomic E-state index is -0.0104. The smallest absolute Gasteiger partial charge is 0.133 e. The summed E-state index contributed by atoms with van der Waals surface area (Å²) in [5.74, 6) is 0.822. The van der Waals surface area contributed by atoms with Gasteiger partial charge in [0.05, 0.1) is 24.8 Å². The van der Waals surface area contributed by atoms with E-state index in [4.69, 9.17) is 14.6 Å². The zero-order valence-electron chi connectivity index (χ0n) is 9.20. The molecular formula is C12H15BrO3. The highest BCUT2D eigenvalue weighted by molar-refractivity contribution is 9.10. The molecule has 2 rings (SSSR count). The van der Waals surface area contributed by atoms with E-state index >= 15 is 0 Å². The lowest BCUT2D eigenvalue weighted by atomic mass is 9.76. The van der Waals surface area contributed by atoms with Gasteiger partial charge < -0.3 is 14.6 Å². The fraction of sp³-hybridized carbons (Fsp3) is 0.500. The highest BCUT2D eigenvalue weighted by Gasteiger charge is 2.39. The van der Waals surface area contributed by atoms with E-state index in [2.05, 4.69) is 22.0 Å². The Morgan fingerprint density at radius 1 is 1.50 bits per heavy atom. The molecule has 0 amide bonds. The summed E-state index contributed by atoms with van der Waals surface area (Å²) >= 11 is 3.48. The molecule has 0 aromatic heterocycles. The largest absolute Gasteiger partial charge is 0.496 e. The lowest BCUT2D eigenvalue weighted by molar-refractivity contribution is -0.0701. The van der Waals surface area contributed by atoms with Crippen LogP contribution >= 0.6 is 15.9 Å². The molecule has 0 spiro atoms. The van der Waals surface area contributed by atoms with Crippen LogP contribution in [0.25, 0.3) is 0 Å². The summed E-state index contributed by atoms with van der Waals surface area (Å²) in [4.78, 5) is 0. The molecule has 1 aliphatic rings. The van der Waals surface area contributed by atoms with Gasteiger partial charge >= 0.3 is 0 Å². The van der Waals surface area contributed by atoms with Crippen LogP contribution in [0, 0.1) is 0 Å². The number of hydrogen-bond acceptors (Lipinski definition) is 3. The molecule has 0 radical (unpaired) electrons. The molecule has 1 aromatic carbocycles. The molecule has 16 heavy (non-hydrogen) atoms. The molecule has 1 fully saturated rings. The van der Waals surface area contributed by atoms with Crippen molar-refractivity contribution in [3.8, 4) is 5.75 Å². The second kappa shape index (κ2) is 4.73. The number of benzene rings is 1. The van der Waals surface area contributed by atoms with Crippen molar-refractivity contribution < 1.29 is 14.6 Å². The molecule has 1 saturated heterocycles. The molecule has 1 aliphatic heterocycles. The van der Waals surface area contributed by atoms with Crippen LogP contribution in [0.5, 0.6) is 5.75 Å². The second-order valence-electron chi connectivity index (χ2n) is 4.10. The number of aliphatic hydroxyl groups excluding tert-OH is 1. The van der Waals surface area contributed by atoms with Crippen molar-refractivity contribution in [2.24, 2.45) is 0 Å². The van der Waals surface area contributed by atoms with Gasteiger partial charge in [-0.15, -0.1) is 0 Å². The molecule has 88 valence electrons. The van der Waals surface area contributed by atoms with Crippen LogP contribution in [0.15, 0.2) is 22.7 Å². The Hall–Kier alpha value is -0.580. The zero-order chi connectivity index (χ0) is 11.6. The summed E-state index contributed by atoms with van der Waals surface area (Å²) in [6.45, 7) is 1.56. The summed E-state index contributed by atoms with van der Waals surface area (Å²) in [5, 5.41) is 9.11. The first-order valence-electron chi connectivity index (χ1n) is 5.24. The van der Waals surface area contributed by atoms with E-state index in [-0.39, 0.29) is 12.0 Å². The Labute approximate surface area is 104 Å². The third-order valence-electron chi connectivity index (χ3n) is 3.11. The number of aliphatic hydroxyl groups is 1. The first kappa shape index (κ1) is 11.9. The Morgan fingerprint density at radius 2 is 2.25 bits per heavy atom. The van der Waals surface area contributed by atoms with Crippen molar-refractivity contribution in [3.05, 3.63) is 28.2 Å². The lowest BCUT2D eigenvalue weighted by Gasteiger charge is -2.41. The van der Waals surface area contributed by atoms with E-state index < -0.39 is 0 Å². The third-order valence-corrected chi connectivity index (χ3v) is 3.73. The molecule has 4 heteroatoms. The number of hydrogen-bond donors (Lipinski definition) is 1. The lowest BCUT2D eigenvalue weighted by Crippen LogP contribution is -2.47. The van der Waals surface area contributed by atoms with Crippen LogP contribution in [0.2, 0.25) is 0 Å². The number of halogens is 1. The molecule has 3 nitrogen and oxygen atoms in total. The van der Waals surface area contributed by atoms with E-state index in [0.717, 1.165) is 16.6 Å². The topological polar surface area (TPSA) is 38.7 Å². The number of rotatable bonds is 4. The van der Waals surface area contributed by atoms with Gasteiger partial charge in [-0.2, -0.15) is 0 Å². The Bertz CT molecular complexity index is 375. The van der Waals surface area contributed by atoms with Gasteiger partial charge in [-0.1, -0.05) is 6.07 Å². The maximum Gasteiger partial charge on any atom is 0.133 e. The Kier molecular flexibility index (Phi) is 3.52. The Balaban J connectivity index is 2.29. The zero-order valence-corrected chi connectivity index (χ0v) is 10.8. The fourth-order valence-corrected chi connectivity index (χ4v) is 2.55. The van der Waals surface area contributed by atoms with Crippen LogP contribution in [-0.2, 0) is 10.2 Å². The van der Waals surface area contributed by atoms with Gasteiger partial charge in [-0.25, -0.2) is 0 Å². The van der Waals surface area contributed by atoms with Gasteiger partial charge in [0, 0.05) is 12.0 Å². The van der Waals surface area contributed by atoms with Gasteiger partial charge in [0.25, 0.3) is 0 Å². The third kappa shape index (κ3) is 1.97. The highest BCUT2D eigenvalue weighted by Crippen LogP contribution is 2.38. The van der Waals surface area contributed by atoms with Crippen LogP contribution in [0.3, 0.4) is 0 Å². The maximum absolute atomic E-state index is 9.11. The normalized spacial score (nSPS) is 17.9. The molecule has 1 heterocycles. The van der Waals surface area contributed by atoms with Crippen molar-refractivity contribution in [2.45, 2.75) is 11.8 Å². The molecule has 0 unspecified atom stereocenters.